The highest BCUT2D eigenvalue weighted by molar-refractivity contribution is 5.92. The molecule has 1 rings (SSSR count). The quantitative estimate of drug-likeness (QED) is 0.794. The van der Waals surface area contributed by atoms with Gasteiger partial charge < -0.3 is 15.1 Å². The number of rotatable bonds is 4. The maximum Gasteiger partial charge on any atom is 0.287 e. The van der Waals surface area contributed by atoms with E-state index in [9.17, 15) is 9.59 Å². The Balaban J connectivity index is 2.52. The summed E-state index contributed by atoms with van der Waals surface area (Å²) in [5, 5.41) is 5.20. The maximum absolute atomic E-state index is 11.5. The molecule has 2 amide bonds. The average Bonchev–Trinajstić information content (AvgIpc) is 2.78. The Kier molecular flexibility index (Phi) is 3.71. The minimum Gasteiger partial charge on any atom is -0.459 e. The van der Waals surface area contributed by atoms with Crippen molar-refractivity contribution in [1.29, 1.82) is 0 Å². The summed E-state index contributed by atoms with van der Waals surface area (Å²) in [6, 6.07) is 3.21. The van der Waals surface area contributed by atoms with Crippen molar-refractivity contribution in [2.24, 2.45) is 5.41 Å². The van der Waals surface area contributed by atoms with Crippen LogP contribution in [-0.4, -0.2) is 25.4 Å². The van der Waals surface area contributed by atoms with Crippen molar-refractivity contribution in [3.63, 3.8) is 0 Å². The van der Waals surface area contributed by atoms with Gasteiger partial charge in [-0.05, 0) is 26.0 Å². The topological polar surface area (TPSA) is 71.3 Å². The second-order valence-electron chi connectivity index (χ2n) is 4.12. The van der Waals surface area contributed by atoms with Crippen molar-refractivity contribution >= 4 is 11.8 Å². The molecule has 1 aromatic rings. The number of nitrogens with one attached hydrogen (secondary N) is 2. The van der Waals surface area contributed by atoms with Crippen LogP contribution in [0.25, 0.3) is 0 Å². The normalized spacial score (nSPS) is 10.9. The van der Waals surface area contributed by atoms with Gasteiger partial charge in [0.05, 0.1) is 11.7 Å². The third kappa shape index (κ3) is 2.85. The third-order valence-corrected chi connectivity index (χ3v) is 2.28. The third-order valence-electron chi connectivity index (χ3n) is 2.28. The first-order valence-corrected chi connectivity index (χ1v) is 5.01. The summed E-state index contributed by atoms with van der Waals surface area (Å²) in [6.07, 6.45) is 1.43. The van der Waals surface area contributed by atoms with E-state index in [0.29, 0.717) is 0 Å². The molecule has 0 bridgehead atoms. The SMILES string of the molecule is CNC(=O)C(C)(C)CNC(=O)c1ccco1. The van der Waals surface area contributed by atoms with E-state index in [1.807, 2.05) is 0 Å². The van der Waals surface area contributed by atoms with Gasteiger partial charge >= 0.3 is 0 Å². The summed E-state index contributed by atoms with van der Waals surface area (Å²) >= 11 is 0. The van der Waals surface area contributed by atoms with E-state index in [1.54, 1.807) is 33.0 Å². The van der Waals surface area contributed by atoms with Gasteiger partial charge in [0.2, 0.25) is 5.91 Å². The molecule has 0 saturated heterocycles. The molecule has 0 atom stereocenters. The molecule has 0 spiro atoms. The van der Waals surface area contributed by atoms with Crippen molar-refractivity contribution in [3.05, 3.63) is 24.2 Å². The molecule has 0 aliphatic rings. The molecule has 2 N–H and O–H groups in total. The van der Waals surface area contributed by atoms with Gasteiger partial charge in [0.15, 0.2) is 5.76 Å². The van der Waals surface area contributed by atoms with Crippen LogP contribution in [-0.2, 0) is 4.79 Å². The van der Waals surface area contributed by atoms with E-state index in [1.165, 1.54) is 6.26 Å². The number of furan rings is 1. The molecule has 5 heteroatoms. The van der Waals surface area contributed by atoms with Gasteiger partial charge in [0, 0.05) is 13.6 Å². The molecule has 0 aliphatic heterocycles. The lowest BCUT2D eigenvalue weighted by molar-refractivity contribution is -0.128. The Morgan fingerprint density at radius 2 is 2.12 bits per heavy atom. The molecular weight excluding hydrogens is 208 g/mol. The molecule has 0 radical (unpaired) electrons. The maximum atomic E-state index is 11.5. The summed E-state index contributed by atoms with van der Waals surface area (Å²) in [5.74, 6) is -0.193. The van der Waals surface area contributed by atoms with Crippen LogP contribution in [0.1, 0.15) is 24.4 Å². The minimum atomic E-state index is -0.642. The van der Waals surface area contributed by atoms with Gasteiger partial charge in [-0.25, -0.2) is 0 Å². The molecule has 0 aliphatic carbocycles. The fourth-order valence-electron chi connectivity index (χ4n) is 1.21. The van der Waals surface area contributed by atoms with E-state index < -0.39 is 5.41 Å². The first-order chi connectivity index (χ1) is 7.47. The van der Waals surface area contributed by atoms with Crippen LogP contribution in [0.3, 0.4) is 0 Å². The highest BCUT2D eigenvalue weighted by Gasteiger charge is 2.27. The smallest absolute Gasteiger partial charge is 0.287 e. The number of amides is 2. The zero-order valence-corrected chi connectivity index (χ0v) is 9.66. The van der Waals surface area contributed by atoms with Crippen LogP contribution in [0.2, 0.25) is 0 Å². The predicted octanol–water partition coefficient (Wildman–Crippen LogP) is 0.782. The van der Waals surface area contributed by atoms with Crippen LogP contribution in [0.4, 0.5) is 0 Å². The lowest BCUT2D eigenvalue weighted by atomic mass is 9.92. The van der Waals surface area contributed by atoms with Gasteiger partial charge in [-0.2, -0.15) is 0 Å². The average molecular weight is 224 g/mol. The summed E-state index contributed by atoms with van der Waals surface area (Å²) in [6.45, 7) is 3.77. The number of hydrogen-bond acceptors (Lipinski definition) is 3. The predicted molar refractivity (Wildman–Crippen MR) is 58.9 cm³/mol. The van der Waals surface area contributed by atoms with Gasteiger partial charge in [-0.15, -0.1) is 0 Å². The minimum absolute atomic E-state index is 0.118. The number of hydrogen-bond donors (Lipinski definition) is 2. The van der Waals surface area contributed by atoms with Crippen LogP contribution >= 0.6 is 0 Å². The van der Waals surface area contributed by atoms with Crippen LogP contribution < -0.4 is 10.6 Å². The van der Waals surface area contributed by atoms with Crippen molar-refractivity contribution in [3.8, 4) is 0 Å². The summed E-state index contributed by atoms with van der Waals surface area (Å²) < 4.78 is 4.93. The van der Waals surface area contributed by atoms with E-state index in [2.05, 4.69) is 10.6 Å². The second kappa shape index (κ2) is 4.83. The Morgan fingerprint density at radius 3 is 2.62 bits per heavy atom. The molecule has 5 nitrogen and oxygen atoms in total. The number of carbonyl (C=O) groups is 2. The molecule has 0 fully saturated rings. The molecule has 0 aromatic carbocycles. The molecular formula is C11H16N2O3. The van der Waals surface area contributed by atoms with E-state index in [4.69, 9.17) is 4.42 Å². The molecule has 88 valence electrons. The Labute approximate surface area is 94.2 Å². The summed E-state index contributed by atoms with van der Waals surface area (Å²) in [7, 11) is 1.57. The van der Waals surface area contributed by atoms with E-state index in [-0.39, 0.29) is 24.1 Å². The highest BCUT2D eigenvalue weighted by atomic mass is 16.3. The van der Waals surface area contributed by atoms with Crippen LogP contribution in [0, 0.1) is 5.41 Å². The lowest BCUT2D eigenvalue weighted by Gasteiger charge is -2.22. The van der Waals surface area contributed by atoms with E-state index >= 15 is 0 Å². The first kappa shape index (κ1) is 12.3. The van der Waals surface area contributed by atoms with Gasteiger partial charge in [0.25, 0.3) is 5.91 Å². The Morgan fingerprint density at radius 1 is 1.44 bits per heavy atom. The second-order valence-corrected chi connectivity index (χ2v) is 4.12. The molecule has 0 saturated carbocycles. The van der Waals surface area contributed by atoms with Gasteiger partial charge in [-0.1, -0.05) is 0 Å². The molecule has 16 heavy (non-hydrogen) atoms. The highest BCUT2D eigenvalue weighted by Crippen LogP contribution is 2.13. The zero-order valence-electron chi connectivity index (χ0n) is 9.66. The standard InChI is InChI=1S/C11H16N2O3/c1-11(2,10(15)12-3)7-13-9(14)8-5-4-6-16-8/h4-6H,7H2,1-3H3,(H,12,15)(H,13,14). The Bertz CT molecular complexity index is 369. The van der Waals surface area contributed by atoms with Gasteiger partial charge in [0.1, 0.15) is 0 Å². The molecule has 1 heterocycles. The Hall–Kier alpha value is -1.78. The van der Waals surface area contributed by atoms with E-state index in [0.717, 1.165) is 0 Å². The van der Waals surface area contributed by atoms with Crippen LogP contribution in [0.5, 0.6) is 0 Å². The van der Waals surface area contributed by atoms with Crippen molar-refractivity contribution in [2.75, 3.05) is 13.6 Å². The zero-order chi connectivity index (χ0) is 12.2. The monoisotopic (exact) mass is 224 g/mol. The van der Waals surface area contributed by atoms with Crippen molar-refractivity contribution in [1.82, 2.24) is 10.6 Å². The number of carbonyl (C=O) groups excluding carboxylic acids is 2. The lowest BCUT2D eigenvalue weighted by Crippen LogP contribution is -2.43. The first-order valence-electron chi connectivity index (χ1n) is 5.01. The van der Waals surface area contributed by atoms with Crippen LogP contribution in [0.15, 0.2) is 22.8 Å². The summed E-state index contributed by atoms with van der Waals surface area (Å²) in [4.78, 5) is 23.0. The van der Waals surface area contributed by atoms with Gasteiger partial charge in [-0.3, -0.25) is 9.59 Å². The largest absolute Gasteiger partial charge is 0.459 e. The summed E-state index contributed by atoms with van der Waals surface area (Å²) in [5.41, 5.74) is -0.642. The molecule has 1 aromatic heterocycles. The fourth-order valence-corrected chi connectivity index (χ4v) is 1.21. The molecule has 0 unspecified atom stereocenters. The van der Waals surface area contributed by atoms with Crippen molar-refractivity contribution in [2.45, 2.75) is 13.8 Å². The van der Waals surface area contributed by atoms with Crippen molar-refractivity contribution < 1.29 is 14.0 Å². The fraction of sp³-hybridized carbons (Fsp3) is 0.455.